The van der Waals surface area contributed by atoms with Crippen LogP contribution in [-0.4, -0.2) is 15.0 Å². The van der Waals surface area contributed by atoms with Crippen molar-refractivity contribution in [2.45, 2.75) is 0 Å². The molecule has 0 aliphatic rings. The molecule has 54 heavy (non-hydrogen) atoms. The van der Waals surface area contributed by atoms with Crippen LogP contribution in [0.5, 0.6) is 0 Å². The summed E-state index contributed by atoms with van der Waals surface area (Å²) in [6.07, 6.45) is 0. The molecule has 10 aromatic rings. The molecule has 0 saturated carbocycles. The topological polar surface area (TPSA) is 38.7 Å². The van der Waals surface area contributed by atoms with Crippen LogP contribution >= 0.6 is 0 Å². The Morgan fingerprint density at radius 2 is 0.593 bits per heavy atom. The standard InChI is InChI=1S/C51H33N3/c1-3-11-34(12-4-1)36-19-25-39(26-20-36)49-52-50(40-27-21-37(22-28-40)35-13-5-2-6-14-35)54-51(53-49)41-29-23-38(24-30-41)42-31-32-47-45-17-8-7-15-43(45)44-16-9-10-18-46(44)48(47)33-42/h1-33H/i1D,2D,3D,4D,5D,6D,11D,12D,13D,14D,19D,20D,21D,22D,25D,26D,27D,28D. The summed E-state index contributed by atoms with van der Waals surface area (Å²) in [4.78, 5) is 13.6. The van der Waals surface area contributed by atoms with Gasteiger partial charge in [-0.15, -0.1) is 0 Å². The predicted molar refractivity (Wildman–Crippen MR) is 225 cm³/mol. The maximum Gasteiger partial charge on any atom is 0.164 e. The van der Waals surface area contributed by atoms with Crippen molar-refractivity contribution in [1.29, 1.82) is 0 Å². The van der Waals surface area contributed by atoms with Crippen LogP contribution in [-0.2, 0) is 0 Å². The third-order valence-electron chi connectivity index (χ3n) is 9.05. The Labute approximate surface area is 339 Å². The van der Waals surface area contributed by atoms with E-state index < -0.39 is 154 Å². The molecular weight excluding hydrogens is 655 g/mol. The van der Waals surface area contributed by atoms with E-state index in [1.54, 1.807) is 24.3 Å². The number of aromatic nitrogens is 3. The summed E-state index contributed by atoms with van der Waals surface area (Å²) in [5, 5.41) is 6.51. The lowest BCUT2D eigenvalue weighted by atomic mass is 9.92. The highest BCUT2D eigenvalue weighted by atomic mass is 15.0. The molecule has 0 spiro atoms. The van der Waals surface area contributed by atoms with E-state index in [2.05, 4.69) is 51.4 Å². The third-order valence-corrected chi connectivity index (χ3v) is 9.05. The van der Waals surface area contributed by atoms with Crippen molar-refractivity contribution in [3.63, 3.8) is 0 Å². The van der Waals surface area contributed by atoms with Gasteiger partial charge in [-0.3, -0.25) is 0 Å². The number of benzene rings is 9. The Morgan fingerprint density at radius 3 is 1.06 bits per heavy atom. The maximum absolute atomic E-state index is 9.18. The Balaban J connectivity index is 1.18. The third kappa shape index (κ3) is 5.78. The van der Waals surface area contributed by atoms with Gasteiger partial charge in [0, 0.05) is 16.7 Å². The van der Waals surface area contributed by atoms with Crippen LogP contribution in [0.2, 0.25) is 0 Å². The smallest absolute Gasteiger partial charge is 0.164 e. The highest BCUT2D eigenvalue weighted by Gasteiger charge is 2.14. The van der Waals surface area contributed by atoms with Crippen molar-refractivity contribution in [2.24, 2.45) is 0 Å². The van der Waals surface area contributed by atoms with Gasteiger partial charge in [0.15, 0.2) is 17.5 Å². The molecule has 0 saturated heterocycles. The number of nitrogens with zero attached hydrogens (tertiary/aromatic N) is 3. The monoisotopic (exact) mass is 705 g/mol. The largest absolute Gasteiger partial charge is 0.208 e. The lowest BCUT2D eigenvalue weighted by molar-refractivity contribution is 1.07. The zero-order valence-corrected chi connectivity index (χ0v) is 28.0. The van der Waals surface area contributed by atoms with E-state index in [1.165, 1.54) is 0 Å². The minimum Gasteiger partial charge on any atom is -0.208 e. The van der Waals surface area contributed by atoms with Gasteiger partial charge in [-0.05, 0) is 71.8 Å². The van der Waals surface area contributed by atoms with Crippen molar-refractivity contribution in [3.8, 4) is 67.5 Å². The molecule has 0 atom stereocenters. The second kappa shape index (κ2) is 13.4. The quantitative estimate of drug-likeness (QED) is 0.162. The molecule has 3 nitrogen and oxygen atoms in total. The van der Waals surface area contributed by atoms with Crippen molar-refractivity contribution < 1.29 is 24.7 Å². The van der Waals surface area contributed by atoms with E-state index >= 15 is 0 Å². The van der Waals surface area contributed by atoms with Crippen LogP contribution < -0.4 is 0 Å². The summed E-state index contributed by atoms with van der Waals surface area (Å²) in [6.45, 7) is 0. The average Bonchev–Trinajstić information content (AvgIpc) is 3.39. The fourth-order valence-corrected chi connectivity index (χ4v) is 6.48. The second-order valence-electron chi connectivity index (χ2n) is 12.2. The van der Waals surface area contributed by atoms with Crippen LogP contribution in [0.4, 0.5) is 0 Å². The maximum atomic E-state index is 9.18. The van der Waals surface area contributed by atoms with E-state index in [0.717, 1.165) is 43.4 Å². The zero-order valence-electron chi connectivity index (χ0n) is 46.0. The highest BCUT2D eigenvalue weighted by molar-refractivity contribution is 6.25. The fourth-order valence-electron chi connectivity index (χ4n) is 6.48. The molecule has 3 heteroatoms. The molecule has 0 fully saturated rings. The van der Waals surface area contributed by atoms with E-state index in [4.69, 9.17) is 19.2 Å². The molecule has 0 aliphatic heterocycles. The van der Waals surface area contributed by atoms with Crippen molar-refractivity contribution in [2.75, 3.05) is 0 Å². The predicted octanol–water partition coefficient (Wildman–Crippen LogP) is 13.3. The van der Waals surface area contributed by atoms with Crippen LogP contribution in [0, 0.1) is 0 Å². The minimum atomic E-state index is -0.805. The van der Waals surface area contributed by atoms with Crippen LogP contribution in [0.25, 0.3) is 99.9 Å². The summed E-state index contributed by atoms with van der Waals surface area (Å²) in [6, 6.07) is 15.6. The average molecular weight is 706 g/mol. The van der Waals surface area contributed by atoms with Gasteiger partial charge in [0.2, 0.25) is 0 Å². The Hall–Kier alpha value is -7.23. The first-order valence-corrected chi connectivity index (χ1v) is 16.8. The van der Waals surface area contributed by atoms with E-state index in [-0.39, 0.29) is 5.82 Å². The molecule has 0 aliphatic carbocycles. The molecule has 0 amide bonds. The fraction of sp³-hybridized carbons (Fsp3) is 0. The lowest BCUT2D eigenvalue weighted by Gasteiger charge is -2.12. The zero-order chi connectivity index (χ0) is 51.5. The summed E-state index contributed by atoms with van der Waals surface area (Å²) in [7, 11) is 0. The first kappa shape index (κ1) is 18.0. The van der Waals surface area contributed by atoms with Crippen molar-refractivity contribution in [1.82, 2.24) is 15.0 Å². The summed E-state index contributed by atoms with van der Waals surface area (Å²) >= 11 is 0. The Bertz CT molecular complexity index is 3720. The van der Waals surface area contributed by atoms with Crippen LogP contribution in [0.1, 0.15) is 24.7 Å². The van der Waals surface area contributed by atoms with Crippen molar-refractivity contribution >= 4 is 32.3 Å². The van der Waals surface area contributed by atoms with Crippen LogP contribution in [0.3, 0.4) is 0 Å². The normalized spacial score (nSPS) is 16.0. The number of hydrogen-bond acceptors (Lipinski definition) is 3. The van der Waals surface area contributed by atoms with Crippen LogP contribution in [0.15, 0.2) is 200 Å². The van der Waals surface area contributed by atoms with Gasteiger partial charge in [-0.1, -0.05) is 194 Å². The summed E-state index contributed by atoms with van der Waals surface area (Å²) < 4.78 is 156. The van der Waals surface area contributed by atoms with Gasteiger partial charge in [-0.2, -0.15) is 0 Å². The summed E-state index contributed by atoms with van der Waals surface area (Å²) in [5.74, 6) is -1.22. The van der Waals surface area contributed by atoms with Gasteiger partial charge < -0.3 is 0 Å². The van der Waals surface area contributed by atoms with Crippen molar-refractivity contribution in [3.05, 3.63) is 200 Å². The van der Waals surface area contributed by atoms with Gasteiger partial charge in [0.05, 0.1) is 24.7 Å². The van der Waals surface area contributed by atoms with Gasteiger partial charge in [0.25, 0.3) is 0 Å². The molecule has 0 N–H and O–H groups in total. The molecule has 1 heterocycles. The van der Waals surface area contributed by atoms with Gasteiger partial charge in [-0.25, -0.2) is 15.0 Å². The molecular formula is C51H33N3. The van der Waals surface area contributed by atoms with Gasteiger partial charge >= 0.3 is 0 Å². The number of rotatable bonds is 6. The van der Waals surface area contributed by atoms with E-state index in [1.807, 2.05) is 30.3 Å². The highest BCUT2D eigenvalue weighted by Crippen LogP contribution is 2.37. The molecule has 9 aromatic carbocycles. The molecule has 252 valence electrons. The molecule has 1 aromatic heterocycles. The first-order valence-electron chi connectivity index (χ1n) is 25.8. The molecule has 0 radical (unpaired) electrons. The van der Waals surface area contributed by atoms with Gasteiger partial charge in [0.1, 0.15) is 0 Å². The first-order chi connectivity index (χ1) is 34.2. The Morgan fingerprint density at radius 1 is 0.259 bits per heavy atom. The van der Waals surface area contributed by atoms with E-state index in [9.17, 15) is 5.48 Å². The Kier molecular flexibility index (Phi) is 4.46. The minimum absolute atomic E-state index is 0.171. The number of hydrogen-bond donors (Lipinski definition) is 0. The molecule has 10 rings (SSSR count). The lowest BCUT2D eigenvalue weighted by Crippen LogP contribution is -2.00. The SMILES string of the molecule is [2H]c1c([2H])c([2H])c(-c2c([2H])c([2H])c(-c3nc(-c4ccc(-c5ccc6c7ccccc7c7ccccc7c6c5)cc4)nc(-c4c([2H])c([2H])c(-c5c([2H])c([2H])c([2H])c([2H])c5[2H])c([2H])c4[2H])n3)c([2H])c2[2H])c([2H])c1[2H]. The summed E-state index contributed by atoms with van der Waals surface area (Å²) in [5.41, 5.74) is -1.43. The second-order valence-corrected chi connectivity index (χ2v) is 12.2. The number of fused-ring (bicyclic) bond motifs is 6. The van der Waals surface area contributed by atoms with E-state index in [0.29, 0.717) is 5.56 Å². The molecule has 0 unspecified atom stereocenters. The molecule has 0 bridgehead atoms.